The van der Waals surface area contributed by atoms with Crippen molar-refractivity contribution in [2.45, 2.75) is 46.3 Å². The first-order valence-corrected chi connectivity index (χ1v) is 9.94. The van der Waals surface area contributed by atoms with Gasteiger partial charge in [0.15, 0.2) is 0 Å². The van der Waals surface area contributed by atoms with E-state index < -0.39 is 21.7 Å². The molecule has 142 valence electrons. The van der Waals surface area contributed by atoms with Gasteiger partial charge in [-0.3, -0.25) is 4.31 Å². The maximum Gasteiger partial charge on any atom is 0.407 e. The number of carbonyl (C=O) groups is 1. The summed E-state index contributed by atoms with van der Waals surface area (Å²) in [6, 6.07) is 6.78. The molecule has 0 aliphatic heterocycles. The number of rotatable bonds is 7. The van der Waals surface area contributed by atoms with E-state index in [9.17, 15) is 13.2 Å². The van der Waals surface area contributed by atoms with Crippen molar-refractivity contribution in [1.82, 2.24) is 5.32 Å². The Bertz CT molecular complexity index is 663. The number of amides is 1. The Balaban J connectivity index is 2.74. The predicted octanol–water partition coefficient (Wildman–Crippen LogP) is 2.76. The molecule has 25 heavy (non-hydrogen) atoms. The molecule has 0 heterocycles. The first-order valence-electron chi connectivity index (χ1n) is 8.10. The summed E-state index contributed by atoms with van der Waals surface area (Å²) in [5.41, 5.74) is -0.100. The second kappa shape index (κ2) is 8.42. The van der Waals surface area contributed by atoms with Gasteiger partial charge in [0.1, 0.15) is 11.4 Å². The van der Waals surface area contributed by atoms with Crippen LogP contribution in [-0.2, 0) is 14.8 Å². The van der Waals surface area contributed by atoms with E-state index in [4.69, 9.17) is 9.47 Å². The Kier molecular flexibility index (Phi) is 7.10. The van der Waals surface area contributed by atoms with Crippen molar-refractivity contribution in [3.8, 4) is 5.75 Å². The minimum atomic E-state index is -3.49. The number of benzene rings is 1. The minimum absolute atomic E-state index is 0.0369. The third-order valence-electron chi connectivity index (χ3n) is 2.88. The van der Waals surface area contributed by atoms with Gasteiger partial charge in [0, 0.05) is 6.54 Å². The van der Waals surface area contributed by atoms with Crippen LogP contribution in [0.15, 0.2) is 24.3 Å². The highest BCUT2D eigenvalue weighted by atomic mass is 32.2. The van der Waals surface area contributed by atoms with Crippen LogP contribution in [0.25, 0.3) is 0 Å². The summed E-state index contributed by atoms with van der Waals surface area (Å²) in [6.07, 6.45) is 0.579. The summed E-state index contributed by atoms with van der Waals surface area (Å²) in [5, 5.41) is 2.56. The number of hydrogen-bond acceptors (Lipinski definition) is 5. The van der Waals surface area contributed by atoms with Crippen LogP contribution in [0.5, 0.6) is 5.75 Å². The van der Waals surface area contributed by atoms with E-state index in [1.807, 2.05) is 13.8 Å². The van der Waals surface area contributed by atoms with Crippen LogP contribution in [0.2, 0.25) is 0 Å². The van der Waals surface area contributed by atoms with Crippen LogP contribution in [0.3, 0.4) is 0 Å². The summed E-state index contributed by atoms with van der Waals surface area (Å²) in [5.74, 6) is 0.666. The van der Waals surface area contributed by atoms with Crippen LogP contribution in [-0.4, -0.2) is 45.6 Å². The Hall–Kier alpha value is -1.96. The van der Waals surface area contributed by atoms with Gasteiger partial charge in [0.25, 0.3) is 0 Å². The fourth-order valence-corrected chi connectivity index (χ4v) is 2.95. The topological polar surface area (TPSA) is 84.9 Å². The van der Waals surface area contributed by atoms with Gasteiger partial charge in [0.05, 0.1) is 24.6 Å². The number of hydrogen-bond donors (Lipinski definition) is 1. The number of alkyl carbamates (subject to hydrolysis) is 1. The molecular formula is C17H28N2O5S. The quantitative estimate of drug-likeness (QED) is 0.795. The van der Waals surface area contributed by atoms with E-state index in [-0.39, 0.29) is 19.2 Å². The summed E-state index contributed by atoms with van der Waals surface area (Å²) in [7, 11) is -3.49. The number of carbonyl (C=O) groups excluding carboxylic acids is 1. The molecular weight excluding hydrogens is 344 g/mol. The molecule has 1 amide bonds. The molecule has 0 bridgehead atoms. The van der Waals surface area contributed by atoms with Crippen molar-refractivity contribution in [2.24, 2.45) is 0 Å². The average Bonchev–Trinajstić information content (AvgIpc) is 2.41. The number of nitrogens with one attached hydrogen (secondary N) is 1. The molecule has 1 aromatic rings. The van der Waals surface area contributed by atoms with Crippen molar-refractivity contribution in [3.05, 3.63) is 24.3 Å². The van der Waals surface area contributed by atoms with Crippen molar-refractivity contribution < 1.29 is 22.7 Å². The molecule has 0 aliphatic rings. The molecule has 0 saturated carbocycles. The van der Waals surface area contributed by atoms with Crippen molar-refractivity contribution in [3.63, 3.8) is 0 Å². The van der Waals surface area contributed by atoms with Crippen LogP contribution in [0.4, 0.5) is 10.5 Å². The van der Waals surface area contributed by atoms with E-state index in [0.717, 1.165) is 6.26 Å². The maximum absolute atomic E-state index is 12.0. The Morgan fingerprint density at radius 2 is 1.76 bits per heavy atom. The molecule has 0 aliphatic carbocycles. The molecule has 0 atom stereocenters. The second-order valence-electron chi connectivity index (χ2n) is 6.92. The van der Waals surface area contributed by atoms with Gasteiger partial charge in [0.2, 0.25) is 10.0 Å². The molecule has 0 unspecified atom stereocenters. The molecule has 1 aromatic carbocycles. The van der Waals surface area contributed by atoms with Gasteiger partial charge in [-0.15, -0.1) is 0 Å². The lowest BCUT2D eigenvalue weighted by atomic mass is 10.2. The zero-order valence-corrected chi connectivity index (χ0v) is 16.5. The van der Waals surface area contributed by atoms with Gasteiger partial charge in [-0.25, -0.2) is 13.2 Å². The Morgan fingerprint density at radius 1 is 1.20 bits per heavy atom. The predicted molar refractivity (Wildman–Crippen MR) is 98.6 cm³/mol. The normalized spacial score (nSPS) is 12.0. The van der Waals surface area contributed by atoms with Gasteiger partial charge in [-0.2, -0.15) is 0 Å². The second-order valence-corrected chi connectivity index (χ2v) is 8.83. The zero-order chi connectivity index (χ0) is 19.3. The van der Waals surface area contributed by atoms with E-state index in [2.05, 4.69) is 5.32 Å². The first kappa shape index (κ1) is 21.1. The van der Waals surface area contributed by atoms with Gasteiger partial charge in [-0.1, -0.05) is 0 Å². The third kappa shape index (κ3) is 8.11. The Morgan fingerprint density at radius 3 is 2.20 bits per heavy atom. The van der Waals surface area contributed by atoms with E-state index in [0.29, 0.717) is 11.4 Å². The number of anilines is 1. The minimum Gasteiger partial charge on any atom is -0.491 e. The monoisotopic (exact) mass is 372 g/mol. The highest BCUT2D eigenvalue weighted by Gasteiger charge is 2.19. The van der Waals surface area contributed by atoms with Crippen LogP contribution in [0.1, 0.15) is 34.6 Å². The zero-order valence-electron chi connectivity index (χ0n) is 15.7. The summed E-state index contributed by atoms with van der Waals surface area (Å²) in [6.45, 7) is 9.34. The molecule has 0 radical (unpaired) electrons. The van der Waals surface area contributed by atoms with Gasteiger partial charge in [-0.05, 0) is 58.9 Å². The van der Waals surface area contributed by atoms with Crippen molar-refractivity contribution in [1.29, 1.82) is 0 Å². The van der Waals surface area contributed by atoms with E-state index in [1.54, 1.807) is 45.0 Å². The molecule has 7 nitrogen and oxygen atoms in total. The molecule has 0 saturated heterocycles. The lowest BCUT2D eigenvalue weighted by molar-refractivity contribution is 0.0529. The SMILES string of the molecule is CC(C)Oc1ccc(N(CCNC(=O)OC(C)(C)C)S(C)(=O)=O)cc1. The average molecular weight is 372 g/mol. The molecule has 0 spiro atoms. The van der Waals surface area contributed by atoms with Gasteiger partial charge >= 0.3 is 6.09 Å². The first-order chi connectivity index (χ1) is 11.4. The highest BCUT2D eigenvalue weighted by molar-refractivity contribution is 7.92. The smallest absolute Gasteiger partial charge is 0.407 e. The summed E-state index contributed by atoms with van der Waals surface area (Å²) >= 11 is 0. The lowest BCUT2D eigenvalue weighted by Gasteiger charge is -2.24. The molecule has 0 fully saturated rings. The van der Waals surface area contributed by atoms with Crippen molar-refractivity contribution in [2.75, 3.05) is 23.7 Å². The third-order valence-corrected chi connectivity index (χ3v) is 4.07. The molecule has 8 heteroatoms. The fraction of sp³-hybridized carbons (Fsp3) is 0.588. The fourth-order valence-electron chi connectivity index (χ4n) is 2.02. The highest BCUT2D eigenvalue weighted by Crippen LogP contribution is 2.22. The molecule has 1 N–H and O–H groups in total. The molecule has 0 aromatic heterocycles. The summed E-state index contributed by atoms with van der Waals surface area (Å²) in [4.78, 5) is 11.7. The van der Waals surface area contributed by atoms with E-state index in [1.165, 1.54) is 4.31 Å². The largest absolute Gasteiger partial charge is 0.491 e. The number of sulfonamides is 1. The maximum atomic E-state index is 12.0. The number of ether oxygens (including phenoxy) is 2. The van der Waals surface area contributed by atoms with Crippen LogP contribution in [0, 0.1) is 0 Å². The Labute approximate surface area is 150 Å². The number of nitrogens with zero attached hydrogens (tertiary/aromatic N) is 1. The standard InChI is InChI=1S/C17H28N2O5S/c1-13(2)23-15-9-7-14(8-10-15)19(25(6,21)22)12-11-18-16(20)24-17(3,4)5/h7-10,13H,11-12H2,1-6H3,(H,18,20). The molecule has 1 rings (SSSR count). The van der Waals surface area contributed by atoms with Crippen LogP contribution >= 0.6 is 0 Å². The van der Waals surface area contributed by atoms with Gasteiger partial charge < -0.3 is 14.8 Å². The van der Waals surface area contributed by atoms with Crippen molar-refractivity contribution >= 4 is 21.8 Å². The van der Waals surface area contributed by atoms with Crippen LogP contribution < -0.4 is 14.4 Å². The lowest BCUT2D eigenvalue weighted by Crippen LogP contribution is -2.40. The van der Waals surface area contributed by atoms with E-state index >= 15 is 0 Å². The summed E-state index contributed by atoms with van der Waals surface area (Å²) < 4.78 is 36.0.